The van der Waals surface area contributed by atoms with Crippen molar-refractivity contribution in [3.63, 3.8) is 0 Å². The molecule has 2 N–H and O–H groups in total. The Kier molecular flexibility index (Phi) is 11.3. The van der Waals surface area contributed by atoms with Crippen molar-refractivity contribution in [1.29, 1.82) is 0 Å². The topological polar surface area (TPSA) is 94.1 Å². The van der Waals surface area contributed by atoms with Crippen LogP contribution in [-0.2, 0) is 14.9 Å². The molecule has 37 heavy (non-hydrogen) atoms. The van der Waals surface area contributed by atoms with Crippen LogP contribution in [0.4, 0.5) is 5.69 Å². The molecule has 1 amide bonds. The van der Waals surface area contributed by atoms with Crippen molar-refractivity contribution in [2.24, 2.45) is 5.92 Å². The fourth-order valence-corrected chi connectivity index (χ4v) is 4.49. The van der Waals surface area contributed by atoms with Crippen LogP contribution in [0.15, 0.2) is 30.3 Å². The molecule has 0 radical (unpaired) electrons. The van der Waals surface area contributed by atoms with E-state index >= 15 is 0 Å². The number of aromatic carboxylic acids is 1. The second kappa shape index (κ2) is 13.7. The Labute approximate surface area is 225 Å². The van der Waals surface area contributed by atoms with E-state index in [9.17, 15) is 14.7 Å². The lowest BCUT2D eigenvalue weighted by Gasteiger charge is -2.25. The summed E-state index contributed by atoms with van der Waals surface area (Å²) in [6.07, 6.45) is 0.905. The Morgan fingerprint density at radius 3 is 2.35 bits per heavy atom. The Bertz CT molecular complexity index is 1080. The van der Waals surface area contributed by atoms with Gasteiger partial charge in [-0.15, -0.1) is 0 Å². The van der Waals surface area contributed by atoms with Gasteiger partial charge in [0.05, 0.1) is 24.3 Å². The summed E-state index contributed by atoms with van der Waals surface area (Å²) in [6, 6.07) is 8.40. The standard InChI is InChI=1S/C29H40ClNO6/c1-8-36-11-12-37-26-17-25(35-7)21(16-23(26)30)20(13-18(2)3)15-27(32)31-24-14-19(28(33)34)9-10-22(24)29(4,5)6/h9-10,14,16-18,20H,8,11-13,15H2,1-7H3,(H,31,32)(H,33,34). The molecule has 0 saturated heterocycles. The number of benzene rings is 2. The van der Waals surface area contributed by atoms with Crippen LogP contribution in [0.25, 0.3) is 0 Å². The van der Waals surface area contributed by atoms with Gasteiger partial charge in [-0.1, -0.05) is 52.3 Å². The van der Waals surface area contributed by atoms with Crippen molar-refractivity contribution in [2.75, 3.05) is 32.2 Å². The molecule has 0 aliphatic rings. The number of nitrogens with one attached hydrogen (secondary N) is 1. The maximum absolute atomic E-state index is 13.3. The van der Waals surface area contributed by atoms with Gasteiger partial charge < -0.3 is 24.6 Å². The summed E-state index contributed by atoms with van der Waals surface area (Å²) in [6.45, 7) is 13.6. The second-order valence-corrected chi connectivity index (χ2v) is 10.9. The molecule has 7 nitrogen and oxygen atoms in total. The first-order valence-corrected chi connectivity index (χ1v) is 13.0. The van der Waals surface area contributed by atoms with E-state index in [1.54, 1.807) is 25.3 Å². The van der Waals surface area contributed by atoms with Crippen LogP contribution in [0.1, 0.15) is 81.8 Å². The molecule has 0 saturated carbocycles. The quantitative estimate of drug-likeness (QED) is 0.271. The third-order valence-corrected chi connectivity index (χ3v) is 6.25. The van der Waals surface area contributed by atoms with E-state index in [2.05, 4.69) is 19.2 Å². The minimum atomic E-state index is -1.04. The zero-order valence-corrected chi connectivity index (χ0v) is 23.7. The van der Waals surface area contributed by atoms with Gasteiger partial charge >= 0.3 is 5.97 Å². The lowest BCUT2D eigenvalue weighted by molar-refractivity contribution is -0.116. The number of amides is 1. The van der Waals surface area contributed by atoms with Gasteiger partial charge in [0.1, 0.15) is 18.1 Å². The molecule has 8 heteroatoms. The van der Waals surface area contributed by atoms with Gasteiger partial charge in [-0.2, -0.15) is 0 Å². The highest BCUT2D eigenvalue weighted by molar-refractivity contribution is 6.32. The number of carbonyl (C=O) groups is 2. The Balaban J connectivity index is 2.35. The molecule has 0 bridgehead atoms. The number of hydrogen-bond acceptors (Lipinski definition) is 5. The molecular weight excluding hydrogens is 494 g/mol. The van der Waals surface area contributed by atoms with Gasteiger partial charge in [0, 0.05) is 24.8 Å². The number of carboxylic acids is 1. The van der Waals surface area contributed by atoms with Crippen LogP contribution in [-0.4, -0.2) is 43.9 Å². The highest BCUT2D eigenvalue weighted by Gasteiger charge is 2.25. The van der Waals surface area contributed by atoms with E-state index in [-0.39, 0.29) is 29.2 Å². The van der Waals surface area contributed by atoms with Crippen LogP contribution in [0.5, 0.6) is 11.5 Å². The van der Waals surface area contributed by atoms with E-state index in [0.29, 0.717) is 47.9 Å². The Morgan fingerprint density at radius 2 is 1.78 bits per heavy atom. The zero-order chi connectivity index (χ0) is 27.8. The summed E-state index contributed by atoms with van der Waals surface area (Å²) in [5, 5.41) is 12.9. The summed E-state index contributed by atoms with van der Waals surface area (Å²) < 4.78 is 16.8. The molecule has 2 aromatic rings. The van der Waals surface area contributed by atoms with Gasteiger partial charge in [0.25, 0.3) is 0 Å². The van der Waals surface area contributed by atoms with E-state index < -0.39 is 5.97 Å². The minimum Gasteiger partial charge on any atom is -0.496 e. The summed E-state index contributed by atoms with van der Waals surface area (Å²) in [4.78, 5) is 24.9. The van der Waals surface area contributed by atoms with Crippen molar-refractivity contribution in [1.82, 2.24) is 0 Å². The van der Waals surface area contributed by atoms with E-state index in [1.165, 1.54) is 6.07 Å². The molecule has 0 spiro atoms. The summed E-state index contributed by atoms with van der Waals surface area (Å²) in [5.74, 6) is -0.0347. The molecule has 204 valence electrons. The first kappa shape index (κ1) is 30.5. The molecule has 1 atom stereocenters. The van der Waals surface area contributed by atoms with Gasteiger partial charge in [-0.05, 0) is 59.9 Å². The first-order chi connectivity index (χ1) is 17.4. The van der Waals surface area contributed by atoms with Crippen molar-refractivity contribution >= 4 is 29.2 Å². The maximum Gasteiger partial charge on any atom is 0.335 e. The molecule has 0 aromatic heterocycles. The highest BCUT2D eigenvalue weighted by Crippen LogP contribution is 2.40. The molecule has 0 aliphatic carbocycles. The monoisotopic (exact) mass is 533 g/mol. The smallest absolute Gasteiger partial charge is 0.335 e. The first-order valence-electron chi connectivity index (χ1n) is 12.6. The maximum atomic E-state index is 13.3. The van der Waals surface area contributed by atoms with Crippen LogP contribution in [0.2, 0.25) is 5.02 Å². The lowest BCUT2D eigenvalue weighted by Crippen LogP contribution is -2.21. The van der Waals surface area contributed by atoms with Crippen LogP contribution in [0.3, 0.4) is 0 Å². The minimum absolute atomic E-state index is 0.121. The normalized spacial score (nSPS) is 12.4. The molecule has 0 aliphatic heterocycles. The SMILES string of the molecule is CCOCCOc1cc(OC)c(C(CC(=O)Nc2cc(C(=O)O)ccc2C(C)(C)C)CC(C)C)cc1Cl. The third kappa shape index (κ3) is 8.93. The van der Waals surface area contributed by atoms with Crippen LogP contribution < -0.4 is 14.8 Å². The summed E-state index contributed by atoms with van der Waals surface area (Å²) in [5.41, 5.74) is 2.02. The third-order valence-electron chi connectivity index (χ3n) is 5.95. The van der Waals surface area contributed by atoms with E-state index in [4.69, 9.17) is 25.8 Å². The molecular formula is C29H40ClNO6. The molecule has 2 aromatic carbocycles. The van der Waals surface area contributed by atoms with Crippen molar-refractivity contribution in [3.8, 4) is 11.5 Å². The Hall–Kier alpha value is -2.77. The van der Waals surface area contributed by atoms with E-state index in [1.807, 2.05) is 33.8 Å². The number of rotatable bonds is 13. The van der Waals surface area contributed by atoms with Gasteiger partial charge in [-0.3, -0.25) is 4.79 Å². The number of ether oxygens (including phenoxy) is 3. The second-order valence-electron chi connectivity index (χ2n) is 10.5. The van der Waals surface area contributed by atoms with E-state index in [0.717, 1.165) is 17.5 Å². The molecule has 1 unspecified atom stereocenters. The predicted molar refractivity (Wildman–Crippen MR) is 148 cm³/mol. The lowest BCUT2D eigenvalue weighted by atomic mass is 9.84. The number of halogens is 1. The largest absolute Gasteiger partial charge is 0.496 e. The van der Waals surface area contributed by atoms with Crippen LogP contribution >= 0.6 is 11.6 Å². The average molecular weight is 534 g/mol. The molecule has 0 heterocycles. The number of hydrogen-bond donors (Lipinski definition) is 2. The highest BCUT2D eigenvalue weighted by atomic mass is 35.5. The molecule has 0 fully saturated rings. The predicted octanol–water partition coefficient (Wildman–Crippen LogP) is 6.92. The fraction of sp³-hybridized carbons (Fsp3) is 0.517. The number of carbonyl (C=O) groups excluding carboxylic acids is 1. The fourth-order valence-electron chi connectivity index (χ4n) is 4.26. The molecule has 2 rings (SSSR count). The van der Waals surface area contributed by atoms with Crippen molar-refractivity contribution < 1.29 is 28.9 Å². The van der Waals surface area contributed by atoms with Crippen LogP contribution in [0, 0.1) is 5.92 Å². The number of methoxy groups -OCH3 is 1. The summed E-state index contributed by atoms with van der Waals surface area (Å²) in [7, 11) is 1.58. The average Bonchev–Trinajstić information content (AvgIpc) is 2.80. The van der Waals surface area contributed by atoms with Crippen molar-refractivity contribution in [3.05, 3.63) is 52.0 Å². The number of carboxylic acid groups (broad SMARTS) is 1. The number of anilines is 1. The van der Waals surface area contributed by atoms with Gasteiger partial charge in [-0.25, -0.2) is 4.79 Å². The van der Waals surface area contributed by atoms with Gasteiger partial charge in [0.2, 0.25) is 5.91 Å². The zero-order valence-electron chi connectivity index (χ0n) is 22.9. The van der Waals surface area contributed by atoms with Gasteiger partial charge in [0.15, 0.2) is 0 Å². The van der Waals surface area contributed by atoms with Crippen molar-refractivity contribution in [2.45, 2.75) is 65.7 Å². The summed E-state index contributed by atoms with van der Waals surface area (Å²) >= 11 is 6.56. The Morgan fingerprint density at radius 1 is 1.08 bits per heavy atom.